The zero-order valence-corrected chi connectivity index (χ0v) is 15.8. The Hall–Kier alpha value is -0.770. The van der Waals surface area contributed by atoms with Gasteiger partial charge in [0.25, 0.3) is 0 Å². The molecule has 0 aliphatic heterocycles. The van der Waals surface area contributed by atoms with Gasteiger partial charge in [0.2, 0.25) is 0 Å². The highest BCUT2D eigenvalue weighted by atomic mass is 16.1. The van der Waals surface area contributed by atoms with Gasteiger partial charge in [-0.25, -0.2) is 0 Å². The van der Waals surface area contributed by atoms with Gasteiger partial charge in [0, 0.05) is 11.8 Å². The predicted molar refractivity (Wildman–Crippen MR) is 98.2 cm³/mol. The van der Waals surface area contributed by atoms with Gasteiger partial charge in [0.15, 0.2) is 0 Å². The quantitative estimate of drug-likeness (QED) is 0.583. The van der Waals surface area contributed by atoms with Crippen molar-refractivity contribution in [2.75, 3.05) is 0 Å². The fourth-order valence-corrected chi connectivity index (χ4v) is 8.08. The molecule has 0 aromatic carbocycles. The van der Waals surface area contributed by atoms with E-state index in [2.05, 4.69) is 19.8 Å². The minimum Gasteiger partial charge on any atom is -0.300 e. The van der Waals surface area contributed by atoms with Crippen LogP contribution in [0.15, 0.2) is 0 Å². The second-order valence-electron chi connectivity index (χ2n) is 10.1. The smallest absolute Gasteiger partial charge is 0.133 e. The Morgan fingerprint density at radius 3 is 2.38 bits per heavy atom. The van der Waals surface area contributed by atoms with Gasteiger partial charge in [-0.1, -0.05) is 13.8 Å². The number of carbonyl (C=O) groups is 1. The topological polar surface area (TPSA) is 17.1 Å². The van der Waals surface area contributed by atoms with Crippen LogP contribution in [-0.4, -0.2) is 5.78 Å². The lowest BCUT2D eigenvalue weighted by Crippen LogP contribution is -2.53. The van der Waals surface area contributed by atoms with Crippen molar-refractivity contribution < 1.29 is 4.79 Å². The van der Waals surface area contributed by atoms with E-state index in [4.69, 9.17) is 6.42 Å². The van der Waals surface area contributed by atoms with Crippen LogP contribution in [0.3, 0.4) is 0 Å². The Balaban J connectivity index is 1.60. The Kier molecular flexibility index (Phi) is 3.91. The zero-order chi connectivity index (χ0) is 17.1. The summed E-state index contributed by atoms with van der Waals surface area (Å²) in [6, 6.07) is 0. The first-order chi connectivity index (χ1) is 11.4. The van der Waals surface area contributed by atoms with Gasteiger partial charge in [-0.05, 0) is 99.2 Å². The molecule has 0 spiro atoms. The number of hydrogen-bond donors (Lipinski definition) is 0. The van der Waals surface area contributed by atoms with Gasteiger partial charge in [-0.3, -0.25) is 4.79 Å². The molecule has 0 radical (unpaired) electrons. The first-order valence-corrected chi connectivity index (χ1v) is 10.4. The molecule has 4 rings (SSSR count). The van der Waals surface area contributed by atoms with E-state index in [-0.39, 0.29) is 0 Å². The number of Topliss-reactive ketones (excluding diaryl/α,β-unsaturated/α-hetero) is 1. The highest BCUT2D eigenvalue weighted by Crippen LogP contribution is 2.67. The number of rotatable bonds is 1. The van der Waals surface area contributed by atoms with Crippen molar-refractivity contribution in [2.24, 2.45) is 46.3 Å². The Morgan fingerprint density at radius 1 is 0.958 bits per heavy atom. The van der Waals surface area contributed by atoms with Crippen molar-refractivity contribution in [2.45, 2.75) is 78.6 Å². The van der Waals surface area contributed by atoms with Gasteiger partial charge in [-0.2, -0.15) is 0 Å². The SMILES string of the molecule is C#CC1CC[C@@]2(C)C(CC[C@H]3[C@@H]4CC[C@H](C(C)=O)[C@@]4(C)CC[C@@H]32)C1. The minimum atomic E-state index is 0.298. The van der Waals surface area contributed by atoms with Gasteiger partial charge in [0.05, 0.1) is 0 Å². The van der Waals surface area contributed by atoms with Gasteiger partial charge >= 0.3 is 0 Å². The highest BCUT2D eigenvalue weighted by Gasteiger charge is 2.60. The molecular weight excluding hydrogens is 292 g/mol. The number of terminal acetylenes is 1. The summed E-state index contributed by atoms with van der Waals surface area (Å²) in [6.07, 6.45) is 17.5. The lowest BCUT2D eigenvalue weighted by atomic mass is 9.44. The average molecular weight is 327 g/mol. The third-order valence-corrected chi connectivity index (χ3v) is 9.39. The first kappa shape index (κ1) is 16.7. The Morgan fingerprint density at radius 2 is 1.67 bits per heavy atom. The predicted octanol–water partition coefficient (Wildman–Crippen LogP) is 5.48. The lowest BCUT2D eigenvalue weighted by molar-refractivity contribution is -0.134. The molecule has 1 heteroatoms. The molecule has 4 aliphatic carbocycles. The molecule has 8 atom stereocenters. The van der Waals surface area contributed by atoms with Gasteiger partial charge in [-0.15, -0.1) is 12.3 Å². The van der Waals surface area contributed by atoms with Crippen LogP contribution in [0.4, 0.5) is 0 Å². The van der Waals surface area contributed by atoms with E-state index in [0.29, 0.717) is 28.4 Å². The summed E-state index contributed by atoms with van der Waals surface area (Å²) < 4.78 is 0. The maximum atomic E-state index is 12.2. The average Bonchev–Trinajstić information content (AvgIpc) is 2.91. The summed E-state index contributed by atoms with van der Waals surface area (Å²) in [5, 5.41) is 0. The van der Waals surface area contributed by atoms with Crippen LogP contribution in [-0.2, 0) is 4.79 Å². The van der Waals surface area contributed by atoms with Crippen LogP contribution < -0.4 is 0 Å². The number of fused-ring (bicyclic) bond motifs is 5. The van der Waals surface area contributed by atoms with Crippen LogP contribution in [0.2, 0.25) is 0 Å². The van der Waals surface area contributed by atoms with Crippen molar-refractivity contribution >= 4 is 5.78 Å². The zero-order valence-electron chi connectivity index (χ0n) is 15.8. The van der Waals surface area contributed by atoms with Crippen molar-refractivity contribution in [1.82, 2.24) is 0 Å². The molecule has 1 nitrogen and oxygen atoms in total. The second-order valence-corrected chi connectivity index (χ2v) is 10.1. The van der Waals surface area contributed by atoms with Crippen molar-refractivity contribution in [3.8, 4) is 12.3 Å². The molecule has 24 heavy (non-hydrogen) atoms. The fourth-order valence-electron chi connectivity index (χ4n) is 8.08. The second kappa shape index (κ2) is 5.62. The Labute approximate surface area is 148 Å². The van der Waals surface area contributed by atoms with E-state index in [1.165, 1.54) is 51.4 Å². The molecule has 0 aromatic heterocycles. The molecule has 132 valence electrons. The molecule has 4 fully saturated rings. The number of carbonyl (C=O) groups excluding carboxylic acids is 1. The number of ketones is 1. The van der Waals surface area contributed by atoms with Crippen molar-refractivity contribution in [3.05, 3.63) is 0 Å². The van der Waals surface area contributed by atoms with E-state index in [9.17, 15) is 4.79 Å². The van der Waals surface area contributed by atoms with E-state index in [0.717, 1.165) is 30.1 Å². The molecule has 0 bridgehead atoms. The molecule has 0 aromatic rings. The molecule has 4 aliphatic rings. The Bertz CT molecular complexity index is 571. The molecule has 0 heterocycles. The van der Waals surface area contributed by atoms with E-state index < -0.39 is 0 Å². The molecule has 0 saturated heterocycles. The summed E-state index contributed by atoms with van der Waals surface area (Å²) in [7, 11) is 0. The van der Waals surface area contributed by atoms with Crippen LogP contribution in [0.5, 0.6) is 0 Å². The van der Waals surface area contributed by atoms with Gasteiger partial charge < -0.3 is 0 Å². The summed E-state index contributed by atoms with van der Waals surface area (Å²) in [4.78, 5) is 12.2. The monoisotopic (exact) mass is 326 g/mol. The first-order valence-electron chi connectivity index (χ1n) is 10.4. The van der Waals surface area contributed by atoms with Crippen LogP contribution in [0, 0.1) is 58.7 Å². The van der Waals surface area contributed by atoms with Crippen LogP contribution >= 0.6 is 0 Å². The summed E-state index contributed by atoms with van der Waals surface area (Å²) in [6.45, 7) is 6.89. The lowest BCUT2D eigenvalue weighted by Gasteiger charge is -2.61. The number of hydrogen-bond acceptors (Lipinski definition) is 1. The van der Waals surface area contributed by atoms with Crippen LogP contribution in [0.1, 0.15) is 78.6 Å². The van der Waals surface area contributed by atoms with Gasteiger partial charge in [0.1, 0.15) is 5.78 Å². The molecular formula is C23H34O. The summed E-state index contributed by atoms with van der Waals surface area (Å²) in [5.74, 6) is 7.78. The molecule has 0 amide bonds. The molecule has 2 unspecified atom stereocenters. The van der Waals surface area contributed by atoms with E-state index in [1.807, 2.05) is 6.92 Å². The summed E-state index contributed by atoms with van der Waals surface area (Å²) in [5.41, 5.74) is 0.818. The summed E-state index contributed by atoms with van der Waals surface area (Å²) >= 11 is 0. The minimum absolute atomic E-state index is 0.298. The third-order valence-electron chi connectivity index (χ3n) is 9.39. The molecule has 0 N–H and O–H groups in total. The van der Waals surface area contributed by atoms with Crippen molar-refractivity contribution in [3.63, 3.8) is 0 Å². The molecule has 4 saturated carbocycles. The van der Waals surface area contributed by atoms with Crippen molar-refractivity contribution in [1.29, 1.82) is 0 Å². The van der Waals surface area contributed by atoms with E-state index >= 15 is 0 Å². The maximum absolute atomic E-state index is 12.2. The fraction of sp³-hybridized carbons (Fsp3) is 0.870. The standard InChI is InChI=1S/C23H34O/c1-5-16-10-12-22(3)17(14-16)6-7-18-20-9-8-19(15(2)24)23(20,4)13-11-21(18)22/h1,16-21H,6-14H2,2-4H3/t16?,17?,18-,19+,20-,21-,22-,23+/m0/s1. The van der Waals surface area contributed by atoms with Crippen LogP contribution in [0.25, 0.3) is 0 Å². The highest BCUT2D eigenvalue weighted by molar-refractivity contribution is 5.79. The van der Waals surface area contributed by atoms with E-state index in [1.54, 1.807) is 0 Å². The largest absolute Gasteiger partial charge is 0.300 e. The normalized spacial score (nSPS) is 53.4. The maximum Gasteiger partial charge on any atom is 0.133 e. The third kappa shape index (κ3) is 2.17.